The fourth-order valence-corrected chi connectivity index (χ4v) is 5.30. The molecule has 198 valence electrons. The third kappa shape index (κ3) is 8.21. The van der Waals surface area contributed by atoms with Gasteiger partial charge in [-0.25, -0.2) is 0 Å². The molecule has 4 aromatic rings. The van der Waals surface area contributed by atoms with Crippen LogP contribution in [0.4, 0.5) is 0 Å². The topological polar surface area (TPSA) is 69.0 Å². The van der Waals surface area contributed by atoms with Crippen LogP contribution in [0.3, 0.4) is 0 Å². The number of aromatic nitrogens is 3. The van der Waals surface area contributed by atoms with Crippen LogP contribution < -0.4 is 10.1 Å². The number of amides is 1. The van der Waals surface area contributed by atoms with Gasteiger partial charge in [-0.2, -0.15) is 0 Å². The molecule has 0 fully saturated rings. The molecule has 1 aromatic heterocycles. The number of hydrogen-bond acceptors (Lipinski definition) is 5. The van der Waals surface area contributed by atoms with E-state index in [2.05, 4.69) is 75.5 Å². The maximum Gasteiger partial charge on any atom is 0.220 e. The minimum atomic E-state index is 0.0517. The Morgan fingerprint density at radius 1 is 0.921 bits per heavy atom. The largest absolute Gasteiger partial charge is 0.496 e. The lowest BCUT2D eigenvalue weighted by Crippen LogP contribution is -2.22. The third-order valence-corrected chi connectivity index (χ3v) is 7.47. The fraction of sp³-hybridized carbons (Fsp3) is 0.323. The van der Waals surface area contributed by atoms with E-state index in [4.69, 9.17) is 4.74 Å². The zero-order valence-electron chi connectivity index (χ0n) is 22.2. The summed E-state index contributed by atoms with van der Waals surface area (Å²) in [6.45, 7) is 3.42. The zero-order chi connectivity index (χ0) is 26.6. The summed E-state index contributed by atoms with van der Waals surface area (Å²) >= 11 is 1.73. The second-order valence-electron chi connectivity index (χ2n) is 9.36. The van der Waals surface area contributed by atoms with Gasteiger partial charge in [0, 0.05) is 37.2 Å². The van der Waals surface area contributed by atoms with Crippen LogP contribution in [-0.2, 0) is 36.5 Å². The summed E-state index contributed by atoms with van der Waals surface area (Å²) in [4.78, 5) is 12.4. The van der Waals surface area contributed by atoms with Crippen molar-refractivity contribution in [2.45, 2.75) is 63.0 Å². The number of para-hydroxylation sites is 1. The molecule has 6 nitrogen and oxygen atoms in total. The minimum absolute atomic E-state index is 0.0517. The monoisotopic (exact) mass is 528 g/mol. The average Bonchev–Trinajstić information content (AvgIpc) is 3.34. The van der Waals surface area contributed by atoms with E-state index in [1.807, 2.05) is 30.3 Å². The highest BCUT2D eigenvalue weighted by molar-refractivity contribution is 7.98. The molecule has 1 N–H and O–H groups in total. The summed E-state index contributed by atoms with van der Waals surface area (Å²) < 4.78 is 7.62. The Kier molecular flexibility index (Phi) is 10.4. The molecule has 7 heteroatoms. The first-order chi connectivity index (χ1) is 18.6. The molecule has 0 saturated heterocycles. The molecule has 0 aliphatic rings. The van der Waals surface area contributed by atoms with E-state index in [1.54, 1.807) is 18.9 Å². The number of unbranched alkanes of at least 4 members (excludes halogenated alkanes) is 1. The molecule has 0 bridgehead atoms. The maximum absolute atomic E-state index is 12.4. The molecule has 0 unspecified atom stereocenters. The molecule has 3 aromatic carbocycles. The van der Waals surface area contributed by atoms with Crippen molar-refractivity contribution in [3.05, 3.63) is 107 Å². The first-order valence-electron chi connectivity index (χ1n) is 13.2. The lowest BCUT2D eigenvalue weighted by atomic mass is 10.1. The average molecular weight is 529 g/mol. The predicted octanol–water partition coefficient (Wildman–Crippen LogP) is 6.16. The number of thioether (sulfide) groups is 1. The highest BCUT2D eigenvalue weighted by atomic mass is 32.2. The summed E-state index contributed by atoms with van der Waals surface area (Å²) in [6, 6.07) is 26.9. The maximum atomic E-state index is 12.4. The molecule has 4 rings (SSSR count). The van der Waals surface area contributed by atoms with E-state index < -0.39 is 0 Å². The quantitative estimate of drug-likeness (QED) is 0.157. The van der Waals surface area contributed by atoms with E-state index in [-0.39, 0.29) is 5.91 Å². The summed E-state index contributed by atoms with van der Waals surface area (Å²) in [6.07, 6.45) is 3.90. The number of hydrogen-bond donors (Lipinski definition) is 1. The Balaban J connectivity index is 1.31. The highest BCUT2D eigenvalue weighted by Gasteiger charge is 2.14. The van der Waals surface area contributed by atoms with Gasteiger partial charge in [0.05, 0.1) is 7.11 Å². The predicted molar refractivity (Wildman–Crippen MR) is 153 cm³/mol. The Labute approximate surface area is 229 Å². The van der Waals surface area contributed by atoms with Crippen LogP contribution in [0.1, 0.15) is 47.3 Å². The van der Waals surface area contributed by atoms with Crippen LogP contribution in [-0.4, -0.2) is 27.8 Å². The Hall–Kier alpha value is -3.58. The summed E-state index contributed by atoms with van der Waals surface area (Å²) in [5.41, 5.74) is 4.83. The standard InChI is InChI=1S/C31H36N4O2S/c1-24-11-10-14-26(21-24)23-38-31-34-33-29(35(31)20-19-25-12-4-3-5-13-25)17-8-9-18-30(36)32-22-27-15-6-7-16-28(27)37-2/h3-7,10-16,21H,8-9,17-20,22-23H2,1-2H3,(H,32,36). The number of nitrogens with one attached hydrogen (secondary N) is 1. The van der Waals surface area contributed by atoms with E-state index in [0.717, 1.165) is 60.3 Å². The second-order valence-corrected chi connectivity index (χ2v) is 10.3. The van der Waals surface area contributed by atoms with E-state index in [1.165, 1.54) is 16.7 Å². The molecule has 0 spiro atoms. The summed E-state index contributed by atoms with van der Waals surface area (Å²) in [7, 11) is 1.64. The van der Waals surface area contributed by atoms with Crippen molar-refractivity contribution in [3.63, 3.8) is 0 Å². The van der Waals surface area contributed by atoms with E-state index in [0.29, 0.717) is 13.0 Å². The Morgan fingerprint density at radius 3 is 2.53 bits per heavy atom. The molecule has 1 amide bonds. The number of carbonyl (C=O) groups excluding carboxylic acids is 1. The highest BCUT2D eigenvalue weighted by Crippen LogP contribution is 2.24. The summed E-state index contributed by atoms with van der Waals surface area (Å²) in [5.74, 6) is 2.69. The molecule has 0 aliphatic carbocycles. The lowest BCUT2D eigenvalue weighted by molar-refractivity contribution is -0.121. The second kappa shape index (κ2) is 14.4. The van der Waals surface area contributed by atoms with Gasteiger partial charge in [0.25, 0.3) is 0 Å². The number of rotatable bonds is 14. The van der Waals surface area contributed by atoms with Gasteiger partial charge >= 0.3 is 0 Å². The van der Waals surface area contributed by atoms with Crippen molar-refractivity contribution in [2.75, 3.05) is 7.11 Å². The minimum Gasteiger partial charge on any atom is -0.496 e. The zero-order valence-corrected chi connectivity index (χ0v) is 23.0. The van der Waals surface area contributed by atoms with Gasteiger partial charge in [0.15, 0.2) is 5.16 Å². The molecule has 0 radical (unpaired) electrons. The number of ether oxygens (including phenoxy) is 1. The Morgan fingerprint density at radius 2 is 1.71 bits per heavy atom. The van der Waals surface area contributed by atoms with Gasteiger partial charge in [-0.3, -0.25) is 4.79 Å². The van der Waals surface area contributed by atoms with Crippen LogP contribution in [0.25, 0.3) is 0 Å². The van der Waals surface area contributed by atoms with E-state index in [9.17, 15) is 4.79 Å². The smallest absolute Gasteiger partial charge is 0.220 e. The van der Waals surface area contributed by atoms with Crippen molar-refractivity contribution >= 4 is 17.7 Å². The molecule has 0 saturated carbocycles. The first kappa shape index (κ1) is 27.5. The molecular weight excluding hydrogens is 492 g/mol. The molecular formula is C31H36N4O2S. The first-order valence-corrected chi connectivity index (χ1v) is 14.1. The van der Waals surface area contributed by atoms with Crippen molar-refractivity contribution in [1.29, 1.82) is 0 Å². The van der Waals surface area contributed by atoms with Gasteiger partial charge in [0.1, 0.15) is 11.6 Å². The van der Waals surface area contributed by atoms with Crippen LogP contribution in [0, 0.1) is 6.92 Å². The number of aryl methyl sites for hydroxylation is 3. The van der Waals surface area contributed by atoms with Crippen molar-refractivity contribution in [1.82, 2.24) is 20.1 Å². The van der Waals surface area contributed by atoms with Crippen LogP contribution in [0.15, 0.2) is 84.0 Å². The van der Waals surface area contributed by atoms with Crippen LogP contribution >= 0.6 is 11.8 Å². The molecule has 38 heavy (non-hydrogen) atoms. The van der Waals surface area contributed by atoms with Crippen LogP contribution in [0.5, 0.6) is 5.75 Å². The third-order valence-electron chi connectivity index (χ3n) is 6.43. The molecule has 1 heterocycles. The van der Waals surface area contributed by atoms with Gasteiger partial charge in [-0.15, -0.1) is 10.2 Å². The van der Waals surface area contributed by atoms with Crippen molar-refractivity contribution in [3.8, 4) is 5.75 Å². The van der Waals surface area contributed by atoms with Crippen molar-refractivity contribution in [2.24, 2.45) is 0 Å². The molecule has 0 aliphatic heterocycles. The SMILES string of the molecule is COc1ccccc1CNC(=O)CCCCc1nnc(SCc2cccc(C)c2)n1CCc1ccccc1. The van der Waals surface area contributed by atoms with Gasteiger partial charge in [-0.1, -0.05) is 90.1 Å². The number of benzene rings is 3. The van der Waals surface area contributed by atoms with Gasteiger partial charge in [-0.05, 0) is 43.4 Å². The fourth-order valence-electron chi connectivity index (χ4n) is 4.37. The lowest BCUT2D eigenvalue weighted by Gasteiger charge is -2.11. The number of nitrogens with zero attached hydrogens (tertiary/aromatic N) is 3. The van der Waals surface area contributed by atoms with Gasteiger partial charge < -0.3 is 14.6 Å². The normalized spacial score (nSPS) is 10.9. The van der Waals surface area contributed by atoms with E-state index >= 15 is 0 Å². The summed E-state index contributed by atoms with van der Waals surface area (Å²) in [5, 5.41) is 13.0. The molecule has 0 atom stereocenters. The Bertz CT molecular complexity index is 1310. The number of carbonyl (C=O) groups is 1. The van der Waals surface area contributed by atoms with Crippen molar-refractivity contribution < 1.29 is 9.53 Å². The number of methoxy groups -OCH3 is 1. The van der Waals surface area contributed by atoms with Crippen LogP contribution in [0.2, 0.25) is 0 Å². The van der Waals surface area contributed by atoms with Gasteiger partial charge in [0.2, 0.25) is 5.91 Å².